The second kappa shape index (κ2) is 11.7. The van der Waals surface area contributed by atoms with Crippen molar-refractivity contribution in [3.63, 3.8) is 0 Å². The number of benzene rings is 8. The van der Waals surface area contributed by atoms with Gasteiger partial charge in [0, 0.05) is 70.2 Å². The van der Waals surface area contributed by atoms with Gasteiger partial charge in [-0.05, 0) is 53.2 Å². The van der Waals surface area contributed by atoms with Gasteiger partial charge in [-0.15, -0.1) is 11.3 Å². The molecule has 4 aromatic heterocycles. The first kappa shape index (κ1) is 30.3. The minimum atomic E-state index is 0.602. The SMILES string of the molecule is c1ccc(-c2nc(-c3ccc4c(c3)sc3ccccc34)nc(-c3cc4oc5cc(-n6c7ccccc7c7ccccc76)ccc5c4c4ccccc34)n2)cc1. The molecule has 0 amide bonds. The van der Waals surface area contributed by atoms with Crippen LogP contribution < -0.4 is 0 Å². The largest absolute Gasteiger partial charge is 0.456 e. The van der Waals surface area contributed by atoms with Crippen molar-refractivity contribution < 1.29 is 4.42 Å². The number of furan rings is 1. The lowest BCUT2D eigenvalue weighted by atomic mass is 9.98. The zero-order chi connectivity index (χ0) is 36.0. The summed E-state index contributed by atoms with van der Waals surface area (Å²) in [6, 6.07) is 59.6. The monoisotopic (exact) mass is 720 g/mol. The lowest BCUT2D eigenvalue weighted by molar-refractivity contribution is 0.669. The van der Waals surface area contributed by atoms with Gasteiger partial charge in [0.25, 0.3) is 0 Å². The molecule has 0 N–H and O–H groups in total. The molecule has 55 heavy (non-hydrogen) atoms. The maximum absolute atomic E-state index is 6.81. The third kappa shape index (κ3) is 4.62. The van der Waals surface area contributed by atoms with E-state index in [9.17, 15) is 0 Å². The molecule has 0 saturated heterocycles. The normalized spacial score (nSPS) is 12.0. The van der Waals surface area contributed by atoms with Crippen molar-refractivity contribution in [2.24, 2.45) is 0 Å². The zero-order valence-electron chi connectivity index (χ0n) is 29.3. The Morgan fingerprint density at radius 1 is 0.400 bits per heavy atom. The Hall–Kier alpha value is -7.15. The molecular formula is C49H28N4OS. The van der Waals surface area contributed by atoms with Gasteiger partial charge < -0.3 is 8.98 Å². The van der Waals surface area contributed by atoms with Crippen molar-refractivity contribution >= 4 is 86.0 Å². The molecule has 4 heterocycles. The Bertz CT molecular complexity index is 3450. The number of hydrogen-bond acceptors (Lipinski definition) is 5. The average molecular weight is 721 g/mol. The van der Waals surface area contributed by atoms with Gasteiger partial charge in [0.2, 0.25) is 0 Å². The molecule has 0 unspecified atom stereocenters. The van der Waals surface area contributed by atoms with Crippen LogP contribution in [0.3, 0.4) is 0 Å². The predicted molar refractivity (Wildman–Crippen MR) is 228 cm³/mol. The second-order valence-electron chi connectivity index (χ2n) is 14.0. The molecule has 8 aromatic carbocycles. The first-order chi connectivity index (χ1) is 27.2. The van der Waals surface area contributed by atoms with Crippen LogP contribution in [0.4, 0.5) is 0 Å². The Morgan fingerprint density at radius 2 is 1.00 bits per heavy atom. The van der Waals surface area contributed by atoms with Gasteiger partial charge in [-0.25, -0.2) is 15.0 Å². The van der Waals surface area contributed by atoms with E-state index in [-0.39, 0.29) is 0 Å². The van der Waals surface area contributed by atoms with Crippen LogP contribution in [-0.2, 0) is 0 Å². The van der Waals surface area contributed by atoms with Crippen molar-refractivity contribution in [1.29, 1.82) is 0 Å². The molecule has 12 rings (SSSR count). The quantitative estimate of drug-likeness (QED) is 0.182. The van der Waals surface area contributed by atoms with Gasteiger partial charge in [0.15, 0.2) is 17.5 Å². The van der Waals surface area contributed by atoms with E-state index in [1.807, 2.05) is 30.3 Å². The number of nitrogens with zero attached hydrogens (tertiary/aromatic N) is 4. The molecule has 6 heteroatoms. The average Bonchev–Trinajstić information content (AvgIpc) is 3.92. The molecule has 0 saturated carbocycles. The summed E-state index contributed by atoms with van der Waals surface area (Å²) in [6.45, 7) is 0. The molecule has 0 radical (unpaired) electrons. The van der Waals surface area contributed by atoms with E-state index in [4.69, 9.17) is 19.4 Å². The highest BCUT2D eigenvalue weighted by Crippen LogP contribution is 2.42. The summed E-state index contributed by atoms with van der Waals surface area (Å²) >= 11 is 1.79. The Labute approximate surface area is 318 Å². The second-order valence-corrected chi connectivity index (χ2v) is 15.1. The summed E-state index contributed by atoms with van der Waals surface area (Å²) in [6.07, 6.45) is 0. The molecule has 0 fully saturated rings. The summed E-state index contributed by atoms with van der Waals surface area (Å²) in [5.74, 6) is 1.86. The fraction of sp³-hybridized carbons (Fsp3) is 0. The van der Waals surface area contributed by atoms with E-state index in [1.54, 1.807) is 11.3 Å². The van der Waals surface area contributed by atoms with Crippen LogP contribution in [0.2, 0.25) is 0 Å². The van der Waals surface area contributed by atoms with Gasteiger partial charge in [0.05, 0.1) is 11.0 Å². The molecule has 0 bridgehead atoms. The zero-order valence-corrected chi connectivity index (χ0v) is 30.1. The summed E-state index contributed by atoms with van der Waals surface area (Å²) in [5.41, 5.74) is 7.78. The Kier molecular flexibility index (Phi) is 6.44. The van der Waals surface area contributed by atoms with E-state index < -0.39 is 0 Å². The maximum atomic E-state index is 6.81. The van der Waals surface area contributed by atoms with Crippen molar-refractivity contribution in [3.8, 4) is 39.9 Å². The Balaban J connectivity index is 1.08. The fourth-order valence-corrected chi connectivity index (χ4v) is 9.51. The highest BCUT2D eigenvalue weighted by molar-refractivity contribution is 7.25. The molecule has 12 aromatic rings. The van der Waals surface area contributed by atoms with Crippen LogP contribution in [0.25, 0.3) is 115 Å². The van der Waals surface area contributed by atoms with Crippen LogP contribution in [-0.4, -0.2) is 19.5 Å². The van der Waals surface area contributed by atoms with Gasteiger partial charge in [-0.2, -0.15) is 0 Å². The van der Waals surface area contributed by atoms with Crippen LogP contribution in [0.5, 0.6) is 0 Å². The van der Waals surface area contributed by atoms with Gasteiger partial charge in [-0.1, -0.05) is 121 Å². The molecular weight excluding hydrogens is 693 g/mol. The predicted octanol–water partition coefficient (Wildman–Crippen LogP) is 13.4. The van der Waals surface area contributed by atoms with Crippen molar-refractivity contribution in [1.82, 2.24) is 19.5 Å². The first-order valence-corrected chi connectivity index (χ1v) is 19.2. The van der Waals surface area contributed by atoms with Crippen LogP contribution in [0, 0.1) is 0 Å². The van der Waals surface area contributed by atoms with E-state index in [2.05, 4.69) is 144 Å². The topological polar surface area (TPSA) is 56.7 Å². The van der Waals surface area contributed by atoms with Gasteiger partial charge in [0.1, 0.15) is 11.2 Å². The van der Waals surface area contributed by atoms with Gasteiger partial charge in [-0.3, -0.25) is 0 Å². The molecule has 0 aliphatic carbocycles. The minimum Gasteiger partial charge on any atom is -0.456 e. The molecule has 0 atom stereocenters. The minimum absolute atomic E-state index is 0.602. The van der Waals surface area contributed by atoms with Crippen molar-refractivity contribution in [2.45, 2.75) is 0 Å². The third-order valence-corrected chi connectivity index (χ3v) is 12.0. The molecule has 0 aliphatic heterocycles. The van der Waals surface area contributed by atoms with Crippen molar-refractivity contribution in [2.75, 3.05) is 0 Å². The number of hydrogen-bond donors (Lipinski definition) is 0. The van der Waals surface area contributed by atoms with E-state index in [0.29, 0.717) is 17.5 Å². The molecule has 0 spiro atoms. The number of fused-ring (bicyclic) bond motifs is 11. The maximum Gasteiger partial charge on any atom is 0.164 e. The lowest BCUT2D eigenvalue weighted by Crippen LogP contribution is -2.00. The highest BCUT2D eigenvalue weighted by Gasteiger charge is 2.20. The Morgan fingerprint density at radius 3 is 1.78 bits per heavy atom. The van der Waals surface area contributed by atoms with E-state index in [0.717, 1.165) is 55.1 Å². The number of aromatic nitrogens is 4. The molecule has 256 valence electrons. The molecule has 5 nitrogen and oxygen atoms in total. The summed E-state index contributed by atoms with van der Waals surface area (Å²) in [5, 5.41) is 9.26. The number of thiophene rings is 1. The van der Waals surface area contributed by atoms with Crippen LogP contribution >= 0.6 is 11.3 Å². The number of para-hydroxylation sites is 2. The summed E-state index contributed by atoms with van der Waals surface area (Å²) < 4.78 is 11.6. The van der Waals surface area contributed by atoms with Crippen molar-refractivity contribution in [3.05, 3.63) is 170 Å². The van der Waals surface area contributed by atoms with E-state index >= 15 is 0 Å². The third-order valence-electron chi connectivity index (χ3n) is 10.8. The molecule has 0 aliphatic rings. The lowest BCUT2D eigenvalue weighted by Gasteiger charge is -2.11. The summed E-state index contributed by atoms with van der Waals surface area (Å²) in [4.78, 5) is 15.4. The van der Waals surface area contributed by atoms with Crippen LogP contribution in [0.15, 0.2) is 174 Å². The standard InChI is InChI=1S/C49H28N4OS/c1-2-12-29(13-3-1)47-50-48(30-22-24-36-35-17-8-11-21-44(35)55-45(36)26-30)52-49(51-47)39-28-43-46(37-18-5-4-14-32(37)39)38-25-23-31(27-42(38)54-43)53-40-19-9-6-15-33(40)34-16-7-10-20-41(34)53/h1-28H. The summed E-state index contributed by atoms with van der Waals surface area (Å²) in [7, 11) is 0. The number of rotatable bonds is 4. The van der Waals surface area contributed by atoms with Crippen LogP contribution in [0.1, 0.15) is 0 Å². The highest BCUT2D eigenvalue weighted by atomic mass is 32.1. The fourth-order valence-electron chi connectivity index (χ4n) is 8.36. The van der Waals surface area contributed by atoms with E-state index in [1.165, 1.54) is 42.0 Å². The smallest absolute Gasteiger partial charge is 0.164 e. The van der Waals surface area contributed by atoms with Gasteiger partial charge >= 0.3 is 0 Å². The first-order valence-electron chi connectivity index (χ1n) is 18.4.